The SMILES string of the molecule is NSc1ccc(Nc2nc(N)c(-c3nc(C(=O)Nc4ccccc4)cs3)s2)cc1. The largest absolute Gasteiger partial charge is 0.382 e. The van der Waals surface area contributed by atoms with Gasteiger partial charge in [-0.25, -0.2) is 9.97 Å². The van der Waals surface area contributed by atoms with E-state index in [0.29, 0.717) is 21.7 Å². The zero-order valence-corrected chi connectivity index (χ0v) is 17.4. The second-order valence-corrected chi connectivity index (χ2v) is 8.42. The normalized spacial score (nSPS) is 10.7. The van der Waals surface area contributed by atoms with E-state index in [1.807, 2.05) is 54.6 Å². The van der Waals surface area contributed by atoms with Gasteiger partial charge in [-0.2, -0.15) is 0 Å². The first-order valence-electron chi connectivity index (χ1n) is 8.45. The van der Waals surface area contributed by atoms with Gasteiger partial charge in [0.2, 0.25) is 0 Å². The first kappa shape index (κ1) is 19.4. The Bertz CT molecular complexity index is 1120. The average molecular weight is 441 g/mol. The number of hydrogen-bond donors (Lipinski definition) is 4. The lowest BCUT2D eigenvalue weighted by molar-refractivity contribution is 0.102. The Labute approximate surface area is 179 Å². The first-order chi connectivity index (χ1) is 14.1. The maximum atomic E-state index is 12.4. The topological polar surface area (TPSA) is 119 Å². The molecule has 0 aliphatic carbocycles. The van der Waals surface area contributed by atoms with Gasteiger partial charge in [0.25, 0.3) is 5.91 Å². The van der Waals surface area contributed by atoms with E-state index in [1.165, 1.54) is 34.6 Å². The van der Waals surface area contributed by atoms with E-state index in [0.717, 1.165) is 21.1 Å². The molecule has 1 amide bonds. The van der Waals surface area contributed by atoms with Gasteiger partial charge < -0.3 is 16.4 Å². The van der Waals surface area contributed by atoms with Crippen molar-refractivity contribution in [3.63, 3.8) is 0 Å². The van der Waals surface area contributed by atoms with Crippen molar-refractivity contribution in [3.05, 3.63) is 65.7 Å². The van der Waals surface area contributed by atoms with Crippen LogP contribution < -0.4 is 21.5 Å². The van der Waals surface area contributed by atoms with Crippen LogP contribution in [0.25, 0.3) is 9.88 Å². The predicted molar refractivity (Wildman–Crippen MR) is 122 cm³/mol. The summed E-state index contributed by atoms with van der Waals surface area (Å²) in [6.45, 7) is 0. The minimum Gasteiger partial charge on any atom is -0.382 e. The maximum Gasteiger partial charge on any atom is 0.275 e. The second kappa shape index (κ2) is 8.62. The fraction of sp³-hybridized carbons (Fsp3) is 0. The Morgan fingerprint density at radius 3 is 2.48 bits per heavy atom. The molecule has 6 N–H and O–H groups in total. The molecule has 0 radical (unpaired) electrons. The van der Waals surface area contributed by atoms with Gasteiger partial charge in [-0.1, -0.05) is 29.5 Å². The van der Waals surface area contributed by atoms with Crippen LogP contribution >= 0.6 is 34.6 Å². The van der Waals surface area contributed by atoms with Gasteiger partial charge in [0.1, 0.15) is 21.4 Å². The number of aromatic nitrogens is 2. The minimum absolute atomic E-state index is 0.266. The zero-order valence-electron chi connectivity index (χ0n) is 15.0. The quantitative estimate of drug-likeness (QED) is 0.318. The number of anilines is 4. The van der Waals surface area contributed by atoms with Crippen molar-refractivity contribution in [1.29, 1.82) is 0 Å². The Morgan fingerprint density at radius 2 is 1.76 bits per heavy atom. The van der Waals surface area contributed by atoms with E-state index in [4.69, 9.17) is 10.9 Å². The summed E-state index contributed by atoms with van der Waals surface area (Å²) in [5.74, 6) is 0.106. The van der Waals surface area contributed by atoms with Crippen molar-refractivity contribution in [3.8, 4) is 9.88 Å². The molecule has 2 heterocycles. The summed E-state index contributed by atoms with van der Waals surface area (Å²) in [6.07, 6.45) is 0. The fourth-order valence-electron chi connectivity index (χ4n) is 2.48. The number of nitrogens with zero attached hydrogens (tertiary/aromatic N) is 2. The second-order valence-electron chi connectivity index (χ2n) is 5.86. The molecule has 4 rings (SSSR count). The van der Waals surface area contributed by atoms with E-state index in [2.05, 4.69) is 20.6 Å². The van der Waals surface area contributed by atoms with E-state index < -0.39 is 0 Å². The summed E-state index contributed by atoms with van der Waals surface area (Å²) >= 11 is 3.93. The van der Waals surface area contributed by atoms with Gasteiger partial charge >= 0.3 is 0 Å². The number of carbonyl (C=O) groups excluding carboxylic acids is 1. The lowest BCUT2D eigenvalue weighted by Gasteiger charge is -2.02. The van der Waals surface area contributed by atoms with Gasteiger partial charge in [-0.05, 0) is 48.3 Å². The van der Waals surface area contributed by atoms with Gasteiger partial charge in [0, 0.05) is 21.7 Å². The molecule has 0 saturated carbocycles. The highest BCUT2D eigenvalue weighted by atomic mass is 32.2. The molecular formula is C19H16N6OS3. The monoisotopic (exact) mass is 440 g/mol. The van der Waals surface area contributed by atoms with Gasteiger partial charge in [0.15, 0.2) is 5.13 Å². The molecule has 2 aromatic carbocycles. The number of benzene rings is 2. The molecule has 2 aromatic heterocycles. The number of nitrogen functional groups attached to an aromatic ring is 1. The van der Waals surface area contributed by atoms with Crippen LogP contribution in [0.4, 0.5) is 22.3 Å². The number of rotatable bonds is 6. The number of hydrogen-bond acceptors (Lipinski definition) is 9. The first-order valence-corrected chi connectivity index (χ1v) is 11.0. The number of nitrogens with two attached hydrogens (primary N) is 2. The van der Waals surface area contributed by atoms with Gasteiger partial charge in [-0.3, -0.25) is 9.93 Å². The third-order valence-corrected chi connectivity index (χ3v) is 6.38. The highest BCUT2D eigenvalue weighted by Gasteiger charge is 2.17. The summed E-state index contributed by atoms with van der Waals surface area (Å²) in [4.78, 5) is 22.9. The standard InChI is InChI=1S/C19H16N6OS3/c20-16-15(28-19(25-16)23-12-6-8-13(29-21)9-7-12)18-24-14(10-27-18)17(26)22-11-4-2-1-3-5-11/h1-10H,20-21H2,(H,22,26)(H,23,25). The van der Waals surface area contributed by atoms with E-state index in [9.17, 15) is 4.79 Å². The number of thiazole rings is 2. The molecule has 10 heteroatoms. The molecule has 0 saturated heterocycles. The van der Waals surface area contributed by atoms with Crippen molar-refractivity contribution in [2.24, 2.45) is 5.14 Å². The number of amides is 1. The predicted octanol–water partition coefficient (Wildman–Crippen LogP) is 4.81. The van der Waals surface area contributed by atoms with Crippen LogP contribution in [-0.4, -0.2) is 15.9 Å². The number of nitrogens with one attached hydrogen (secondary N) is 2. The molecule has 29 heavy (non-hydrogen) atoms. The molecule has 0 aliphatic rings. The summed E-state index contributed by atoms with van der Waals surface area (Å²) in [6, 6.07) is 16.9. The third-order valence-electron chi connectivity index (χ3n) is 3.86. The van der Waals surface area contributed by atoms with Crippen molar-refractivity contribution < 1.29 is 4.79 Å². The number of para-hydroxylation sites is 1. The summed E-state index contributed by atoms with van der Waals surface area (Å²) in [5.41, 5.74) is 8.02. The molecule has 0 atom stereocenters. The highest BCUT2D eigenvalue weighted by Crippen LogP contribution is 2.37. The van der Waals surface area contributed by atoms with Crippen LogP contribution in [0.2, 0.25) is 0 Å². The molecule has 4 aromatic rings. The zero-order chi connectivity index (χ0) is 20.2. The van der Waals surface area contributed by atoms with Crippen LogP contribution in [-0.2, 0) is 0 Å². The molecular weight excluding hydrogens is 424 g/mol. The molecule has 0 bridgehead atoms. The maximum absolute atomic E-state index is 12.4. The van der Waals surface area contributed by atoms with E-state index in [1.54, 1.807) is 5.38 Å². The van der Waals surface area contributed by atoms with E-state index >= 15 is 0 Å². The summed E-state index contributed by atoms with van der Waals surface area (Å²) in [7, 11) is 0. The lowest BCUT2D eigenvalue weighted by Crippen LogP contribution is -2.12. The van der Waals surface area contributed by atoms with Gasteiger partial charge in [-0.15, -0.1) is 11.3 Å². The molecule has 0 aliphatic heterocycles. The third kappa shape index (κ3) is 4.57. The van der Waals surface area contributed by atoms with Crippen LogP contribution in [0.1, 0.15) is 10.5 Å². The number of carbonyl (C=O) groups is 1. The molecule has 0 spiro atoms. The highest BCUT2D eigenvalue weighted by molar-refractivity contribution is 7.97. The van der Waals surface area contributed by atoms with Crippen molar-refractivity contribution >= 4 is 62.9 Å². The van der Waals surface area contributed by atoms with Crippen LogP contribution in [0.5, 0.6) is 0 Å². The Morgan fingerprint density at radius 1 is 1.00 bits per heavy atom. The van der Waals surface area contributed by atoms with E-state index in [-0.39, 0.29) is 5.91 Å². The summed E-state index contributed by atoms with van der Waals surface area (Å²) in [5, 5.41) is 14.6. The van der Waals surface area contributed by atoms with Crippen molar-refractivity contribution in [2.75, 3.05) is 16.4 Å². The van der Waals surface area contributed by atoms with Crippen LogP contribution in [0.3, 0.4) is 0 Å². The van der Waals surface area contributed by atoms with Crippen molar-refractivity contribution in [1.82, 2.24) is 9.97 Å². The van der Waals surface area contributed by atoms with Gasteiger partial charge in [0.05, 0.1) is 0 Å². The smallest absolute Gasteiger partial charge is 0.275 e. The van der Waals surface area contributed by atoms with Crippen LogP contribution in [0.15, 0.2) is 64.9 Å². The average Bonchev–Trinajstić information content (AvgIpc) is 3.36. The van der Waals surface area contributed by atoms with Crippen LogP contribution in [0, 0.1) is 0 Å². The molecule has 0 unspecified atom stereocenters. The minimum atomic E-state index is -0.266. The molecule has 0 fully saturated rings. The Hall–Kier alpha value is -2.92. The Kier molecular flexibility index (Phi) is 5.76. The fourth-order valence-corrected chi connectivity index (χ4v) is 4.58. The molecule has 7 nitrogen and oxygen atoms in total. The van der Waals surface area contributed by atoms with Crippen molar-refractivity contribution in [2.45, 2.75) is 4.90 Å². The summed E-state index contributed by atoms with van der Waals surface area (Å²) < 4.78 is 0. The molecule has 146 valence electrons. The Balaban J connectivity index is 1.49. The lowest BCUT2D eigenvalue weighted by atomic mass is 10.3.